The molecule has 8 nitrogen and oxygen atoms in total. The van der Waals surface area contributed by atoms with Crippen molar-refractivity contribution in [2.24, 2.45) is 0 Å². The third-order valence-corrected chi connectivity index (χ3v) is 4.18. The zero-order valence-electron chi connectivity index (χ0n) is 12.2. The number of ether oxygens (including phenoxy) is 2. The molecule has 0 saturated carbocycles. The third kappa shape index (κ3) is 2.98. The number of nitrogens with zero attached hydrogens (tertiary/aromatic N) is 5. The Hall–Kier alpha value is -2.29. The minimum atomic E-state index is -0.105. The number of carbonyl (C=O) groups is 1. The van der Waals surface area contributed by atoms with Crippen LogP contribution in [0.25, 0.3) is 0 Å². The average Bonchev–Trinajstić information content (AvgIpc) is 3.16. The number of likely N-dealkylation sites (tertiary alicyclic amines) is 1. The second-order valence-corrected chi connectivity index (χ2v) is 5.62. The molecular formula is C13H15N5O3S. The topological polar surface area (TPSA) is 90.3 Å². The van der Waals surface area contributed by atoms with Crippen molar-refractivity contribution in [3.05, 3.63) is 23.0 Å². The van der Waals surface area contributed by atoms with E-state index < -0.39 is 0 Å². The van der Waals surface area contributed by atoms with Gasteiger partial charge in [0.1, 0.15) is 11.0 Å². The lowest BCUT2D eigenvalue weighted by Gasteiger charge is -2.16. The summed E-state index contributed by atoms with van der Waals surface area (Å²) >= 11 is 1.12. The summed E-state index contributed by atoms with van der Waals surface area (Å²) in [5.41, 5.74) is 0.665. The Labute approximate surface area is 131 Å². The van der Waals surface area contributed by atoms with E-state index in [0.29, 0.717) is 35.4 Å². The van der Waals surface area contributed by atoms with Crippen molar-refractivity contribution in [3.8, 4) is 11.8 Å². The number of rotatable bonds is 4. The van der Waals surface area contributed by atoms with E-state index in [2.05, 4.69) is 19.6 Å². The molecule has 2 aromatic heterocycles. The maximum atomic E-state index is 12.4. The fraction of sp³-hybridized carbons (Fsp3) is 0.462. The average molecular weight is 321 g/mol. The van der Waals surface area contributed by atoms with Gasteiger partial charge >= 0.3 is 0 Å². The molecule has 2 aromatic rings. The summed E-state index contributed by atoms with van der Waals surface area (Å²) in [5, 5.41) is 3.87. The van der Waals surface area contributed by atoms with Crippen LogP contribution in [0.2, 0.25) is 0 Å². The SMILES string of the molecule is COc1cncc(O[C@H]2CCN(C(=O)c3snnc3C)C2)n1. The first-order valence-electron chi connectivity index (χ1n) is 6.78. The van der Waals surface area contributed by atoms with Gasteiger partial charge in [-0.05, 0) is 18.5 Å². The molecular weight excluding hydrogens is 306 g/mol. The summed E-state index contributed by atoms with van der Waals surface area (Å²) in [6.45, 7) is 2.93. The highest BCUT2D eigenvalue weighted by molar-refractivity contribution is 7.07. The van der Waals surface area contributed by atoms with Crippen LogP contribution in [-0.2, 0) is 0 Å². The van der Waals surface area contributed by atoms with Gasteiger partial charge in [0.25, 0.3) is 5.91 Å². The number of hydrogen-bond acceptors (Lipinski definition) is 8. The zero-order valence-corrected chi connectivity index (χ0v) is 13.0. The molecule has 3 heterocycles. The van der Waals surface area contributed by atoms with Crippen molar-refractivity contribution in [1.82, 2.24) is 24.5 Å². The fourth-order valence-electron chi connectivity index (χ4n) is 2.24. The van der Waals surface area contributed by atoms with Gasteiger partial charge in [-0.25, -0.2) is 0 Å². The van der Waals surface area contributed by atoms with Crippen LogP contribution in [0.15, 0.2) is 12.4 Å². The van der Waals surface area contributed by atoms with Gasteiger partial charge in [0.05, 0.1) is 31.7 Å². The molecule has 1 aliphatic heterocycles. The van der Waals surface area contributed by atoms with E-state index in [1.807, 2.05) is 0 Å². The molecule has 3 rings (SSSR count). The van der Waals surface area contributed by atoms with E-state index in [1.54, 1.807) is 11.8 Å². The highest BCUT2D eigenvalue weighted by Crippen LogP contribution is 2.21. The highest BCUT2D eigenvalue weighted by Gasteiger charge is 2.30. The summed E-state index contributed by atoms with van der Waals surface area (Å²) in [7, 11) is 1.52. The summed E-state index contributed by atoms with van der Waals surface area (Å²) in [6.07, 6.45) is 3.68. The van der Waals surface area contributed by atoms with E-state index in [4.69, 9.17) is 9.47 Å². The molecule has 116 valence electrons. The Balaban J connectivity index is 1.62. The van der Waals surface area contributed by atoms with E-state index in [-0.39, 0.29) is 12.0 Å². The normalized spacial score (nSPS) is 17.5. The van der Waals surface area contributed by atoms with Crippen LogP contribution >= 0.6 is 11.5 Å². The lowest BCUT2D eigenvalue weighted by molar-refractivity contribution is 0.0774. The number of aromatic nitrogens is 4. The van der Waals surface area contributed by atoms with Gasteiger partial charge < -0.3 is 14.4 Å². The largest absolute Gasteiger partial charge is 0.480 e. The smallest absolute Gasteiger partial charge is 0.267 e. The number of methoxy groups -OCH3 is 1. The quantitative estimate of drug-likeness (QED) is 0.827. The predicted molar refractivity (Wildman–Crippen MR) is 78.2 cm³/mol. The molecule has 0 aromatic carbocycles. The second-order valence-electron chi connectivity index (χ2n) is 4.87. The summed E-state index contributed by atoms with van der Waals surface area (Å²) < 4.78 is 14.6. The van der Waals surface area contributed by atoms with Gasteiger partial charge in [-0.3, -0.25) is 9.78 Å². The molecule has 9 heteroatoms. The maximum absolute atomic E-state index is 12.4. The minimum absolute atomic E-state index is 0.0460. The molecule has 0 aliphatic carbocycles. The van der Waals surface area contributed by atoms with Crippen LogP contribution in [0.5, 0.6) is 11.8 Å². The first kappa shape index (κ1) is 14.6. The van der Waals surface area contributed by atoms with Crippen LogP contribution in [0, 0.1) is 6.92 Å². The monoisotopic (exact) mass is 321 g/mol. The van der Waals surface area contributed by atoms with Crippen molar-refractivity contribution < 1.29 is 14.3 Å². The molecule has 1 atom stereocenters. The lowest BCUT2D eigenvalue weighted by atomic mass is 10.3. The summed E-state index contributed by atoms with van der Waals surface area (Å²) in [4.78, 5) is 22.9. The molecule has 0 radical (unpaired) electrons. The van der Waals surface area contributed by atoms with E-state index >= 15 is 0 Å². The van der Waals surface area contributed by atoms with E-state index in [1.165, 1.54) is 19.5 Å². The Morgan fingerprint density at radius 3 is 2.95 bits per heavy atom. The van der Waals surface area contributed by atoms with Crippen molar-refractivity contribution >= 4 is 17.4 Å². The summed E-state index contributed by atoms with van der Waals surface area (Å²) in [6, 6.07) is 0. The van der Waals surface area contributed by atoms with Crippen LogP contribution in [-0.4, -0.2) is 56.7 Å². The molecule has 1 fully saturated rings. The predicted octanol–water partition coefficient (Wildman–Crippen LogP) is 0.939. The maximum Gasteiger partial charge on any atom is 0.267 e. The van der Waals surface area contributed by atoms with E-state index in [9.17, 15) is 4.79 Å². The van der Waals surface area contributed by atoms with Gasteiger partial charge in [-0.2, -0.15) is 4.98 Å². The number of hydrogen-bond donors (Lipinski definition) is 0. The third-order valence-electron chi connectivity index (χ3n) is 3.36. The van der Waals surface area contributed by atoms with Crippen LogP contribution < -0.4 is 9.47 Å². The lowest BCUT2D eigenvalue weighted by Crippen LogP contribution is -2.30. The molecule has 22 heavy (non-hydrogen) atoms. The highest BCUT2D eigenvalue weighted by atomic mass is 32.1. The zero-order chi connectivity index (χ0) is 15.5. The number of amides is 1. The summed E-state index contributed by atoms with van der Waals surface area (Å²) in [5.74, 6) is 0.749. The molecule has 1 amide bonds. The number of carbonyl (C=O) groups excluding carboxylic acids is 1. The van der Waals surface area contributed by atoms with Crippen molar-refractivity contribution in [3.63, 3.8) is 0 Å². The van der Waals surface area contributed by atoms with E-state index in [0.717, 1.165) is 18.0 Å². The molecule has 0 bridgehead atoms. The minimum Gasteiger partial charge on any atom is -0.480 e. The van der Waals surface area contributed by atoms with Gasteiger partial charge in [-0.15, -0.1) is 5.10 Å². The first-order valence-corrected chi connectivity index (χ1v) is 7.55. The van der Waals surface area contributed by atoms with Gasteiger partial charge in [0, 0.05) is 13.0 Å². The Morgan fingerprint density at radius 1 is 1.41 bits per heavy atom. The Bertz CT molecular complexity index is 677. The fourth-order valence-corrected chi connectivity index (χ4v) is 2.86. The molecule has 1 aliphatic rings. The first-order chi connectivity index (χ1) is 10.7. The van der Waals surface area contributed by atoms with Gasteiger partial charge in [-0.1, -0.05) is 4.49 Å². The van der Waals surface area contributed by atoms with Gasteiger partial charge in [0.15, 0.2) is 0 Å². The van der Waals surface area contributed by atoms with Gasteiger partial charge in [0.2, 0.25) is 11.8 Å². The number of aryl methyl sites for hydroxylation is 1. The standard InChI is InChI=1S/C13H15N5O3S/c1-8-12(22-17-16-8)13(19)18-4-3-9(7-18)21-11-6-14-5-10(15-11)20-2/h5-6,9H,3-4,7H2,1-2H3/t9-/m0/s1. The van der Waals surface area contributed by atoms with Crippen LogP contribution in [0.4, 0.5) is 0 Å². The van der Waals surface area contributed by atoms with Crippen molar-refractivity contribution in [1.29, 1.82) is 0 Å². The molecule has 0 N–H and O–H groups in total. The van der Waals surface area contributed by atoms with Crippen LogP contribution in [0.1, 0.15) is 21.8 Å². The second kappa shape index (κ2) is 6.22. The van der Waals surface area contributed by atoms with Crippen LogP contribution in [0.3, 0.4) is 0 Å². The Kier molecular flexibility index (Phi) is 4.14. The molecule has 0 unspecified atom stereocenters. The Morgan fingerprint density at radius 2 is 2.23 bits per heavy atom. The van der Waals surface area contributed by atoms with Crippen molar-refractivity contribution in [2.75, 3.05) is 20.2 Å². The molecule has 1 saturated heterocycles. The van der Waals surface area contributed by atoms with Crippen molar-refractivity contribution in [2.45, 2.75) is 19.4 Å². The molecule has 0 spiro atoms.